The van der Waals surface area contributed by atoms with Gasteiger partial charge in [0.15, 0.2) is 11.5 Å². The molecule has 0 aliphatic heterocycles. The van der Waals surface area contributed by atoms with Crippen molar-refractivity contribution in [3.8, 4) is 11.5 Å². The summed E-state index contributed by atoms with van der Waals surface area (Å²) >= 11 is 6.49. The van der Waals surface area contributed by atoms with Crippen molar-refractivity contribution in [3.05, 3.63) is 92.5 Å². The molecule has 0 atom stereocenters. The molecular weight excluding hydrogens is 404 g/mol. The fourth-order valence-electron chi connectivity index (χ4n) is 2.96. The molecule has 0 fully saturated rings. The molecule has 7 heteroatoms. The van der Waals surface area contributed by atoms with Gasteiger partial charge in [-0.05, 0) is 60.9 Å². The number of rotatable bonds is 9. The van der Waals surface area contributed by atoms with Gasteiger partial charge < -0.3 is 14.8 Å². The van der Waals surface area contributed by atoms with Crippen LogP contribution in [0.15, 0.2) is 60.7 Å². The smallest absolute Gasteiger partial charge is 0.269 e. The van der Waals surface area contributed by atoms with Crippen LogP contribution in [0.2, 0.25) is 5.02 Å². The van der Waals surface area contributed by atoms with Gasteiger partial charge in [0.2, 0.25) is 0 Å². The van der Waals surface area contributed by atoms with E-state index in [4.69, 9.17) is 21.1 Å². The van der Waals surface area contributed by atoms with E-state index in [9.17, 15) is 10.1 Å². The van der Waals surface area contributed by atoms with Crippen molar-refractivity contribution in [2.75, 3.05) is 11.9 Å². The molecule has 0 saturated carbocycles. The number of benzene rings is 3. The van der Waals surface area contributed by atoms with Crippen LogP contribution in [0.4, 0.5) is 11.4 Å². The molecular formula is C23H23ClN2O4. The van der Waals surface area contributed by atoms with Gasteiger partial charge in [0, 0.05) is 24.4 Å². The topological polar surface area (TPSA) is 73.6 Å². The molecule has 0 aliphatic carbocycles. The number of aryl methyl sites for hydroxylation is 1. The highest BCUT2D eigenvalue weighted by atomic mass is 35.5. The van der Waals surface area contributed by atoms with Crippen LogP contribution in [0, 0.1) is 17.0 Å². The minimum absolute atomic E-state index is 0.0392. The van der Waals surface area contributed by atoms with Crippen molar-refractivity contribution in [2.24, 2.45) is 0 Å². The third kappa shape index (κ3) is 5.42. The molecule has 0 aromatic heterocycles. The number of nitrogens with zero attached hydrogens (tertiary/aromatic N) is 1. The Morgan fingerprint density at radius 3 is 2.43 bits per heavy atom. The zero-order chi connectivity index (χ0) is 21.5. The molecule has 0 bridgehead atoms. The van der Waals surface area contributed by atoms with Gasteiger partial charge in [0.25, 0.3) is 5.69 Å². The SMILES string of the molecule is CCOc1cc(CNc2ccccc2C)cc(Cl)c1OCc1ccc([N+](=O)[O-])cc1. The molecule has 0 spiro atoms. The predicted octanol–water partition coefficient (Wildman–Crippen LogP) is 6.15. The van der Waals surface area contributed by atoms with E-state index in [1.54, 1.807) is 12.1 Å². The van der Waals surface area contributed by atoms with E-state index in [0.29, 0.717) is 29.7 Å². The summed E-state index contributed by atoms with van der Waals surface area (Å²) in [7, 11) is 0. The lowest BCUT2D eigenvalue weighted by Gasteiger charge is -2.16. The normalized spacial score (nSPS) is 10.5. The number of nitro groups is 1. The van der Waals surface area contributed by atoms with Crippen molar-refractivity contribution >= 4 is 23.0 Å². The third-order valence-corrected chi connectivity index (χ3v) is 4.81. The Hall–Kier alpha value is -3.25. The Kier molecular flexibility index (Phi) is 7.14. The van der Waals surface area contributed by atoms with E-state index in [0.717, 1.165) is 22.4 Å². The van der Waals surface area contributed by atoms with E-state index in [-0.39, 0.29) is 12.3 Å². The standard InChI is InChI=1S/C23H23ClN2O4/c1-3-29-22-13-18(14-25-21-7-5-4-6-16(21)2)12-20(24)23(22)30-15-17-8-10-19(11-9-17)26(27)28/h4-13,25H,3,14-15H2,1-2H3. The summed E-state index contributed by atoms with van der Waals surface area (Å²) in [5, 5.41) is 14.6. The first-order valence-corrected chi connectivity index (χ1v) is 9.96. The summed E-state index contributed by atoms with van der Waals surface area (Å²) < 4.78 is 11.6. The van der Waals surface area contributed by atoms with Gasteiger partial charge in [-0.15, -0.1) is 0 Å². The number of hydrogen-bond donors (Lipinski definition) is 1. The Morgan fingerprint density at radius 1 is 1.03 bits per heavy atom. The Balaban J connectivity index is 1.74. The molecule has 1 N–H and O–H groups in total. The minimum atomic E-state index is -0.432. The number of hydrogen-bond acceptors (Lipinski definition) is 5. The van der Waals surface area contributed by atoms with Crippen LogP contribution in [0.3, 0.4) is 0 Å². The quantitative estimate of drug-likeness (QED) is 0.328. The molecule has 6 nitrogen and oxygen atoms in total. The number of anilines is 1. The number of nitrogens with one attached hydrogen (secondary N) is 1. The van der Waals surface area contributed by atoms with Gasteiger partial charge in [-0.1, -0.05) is 29.8 Å². The van der Waals surface area contributed by atoms with Crippen LogP contribution in [0.1, 0.15) is 23.6 Å². The van der Waals surface area contributed by atoms with Crippen molar-refractivity contribution < 1.29 is 14.4 Å². The highest BCUT2D eigenvalue weighted by molar-refractivity contribution is 6.32. The first kappa shape index (κ1) is 21.5. The third-order valence-electron chi connectivity index (χ3n) is 4.53. The summed E-state index contributed by atoms with van der Waals surface area (Å²) in [6, 6.07) is 18.0. The molecule has 3 aromatic carbocycles. The molecule has 30 heavy (non-hydrogen) atoms. The molecule has 0 radical (unpaired) electrons. The maximum absolute atomic E-state index is 10.8. The molecule has 0 amide bonds. The van der Waals surface area contributed by atoms with E-state index in [1.165, 1.54) is 12.1 Å². The van der Waals surface area contributed by atoms with Crippen LogP contribution >= 0.6 is 11.6 Å². The largest absolute Gasteiger partial charge is 0.490 e. The summed E-state index contributed by atoms with van der Waals surface area (Å²) in [6.07, 6.45) is 0. The predicted molar refractivity (Wildman–Crippen MR) is 119 cm³/mol. The Bertz CT molecular complexity index is 1020. The molecule has 3 aromatic rings. The Labute approximate surface area is 180 Å². The molecule has 0 heterocycles. The first-order chi connectivity index (χ1) is 14.5. The molecule has 0 saturated heterocycles. The molecule has 0 aliphatic rings. The van der Waals surface area contributed by atoms with Crippen LogP contribution in [0.25, 0.3) is 0 Å². The minimum Gasteiger partial charge on any atom is -0.490 e. The average Bonchev–Trinajstić information content (AvgIpc) is 2.73. The Morgan fingerprint density at radius 2 is 1.77 bits per heavy atom. The number of nitro benzene ring substituents is 1. The number of halogens is 1. The summed E-state index contributed by atoms with van der Waals surface area (Å²) in [5.41, 5.74) is 4.03. The van der Waals surface area contributed by atoms with E-state index < -0.39 is 4.92 Å². The van der Waals surface area contributed by atoms with Gasteiger partial charge in [0.05, 0.1) is 16.6 Å². The second-order valence-corrected chi connectivity index (χ2v) is 7.13. The second-order valence-electron chi connectivity index (χ2n) is 6.72. The number of non-ortho nitro benzene ring substituents is 1. The highest BCUT2D eigenvalue weighted by Crippen LogP contribution is 2.37. The maximum Gasteiger partial charge on any atom is 0.269 e. The van der Waals surface area contributed by atoms with Gasteiger partial charge >= 0.3 is 0 Å². The fourth-order valence-corrected chi connectivity index (χ4v) is 3.25. The van der Waals surface area contributed by atoms with Gasteiger partial charge in [0.1, 0.15) is 6.61 Å². The number of ether oxygens (including phenoxy) is 2. The average molecular weight is 427 g/mol. The monoisotopic (exact) mass is 426 g/mol. The van der Waals surface area contributed by atoms with E-state index in [1.807, 2.05) is 37.3 Å². The lowest BCUT2D eigenvalue weighted by molar-refractivity contribution is -0.384. The number of para-hydroxylation sites is 1. The molecule has 3 rings (SSSR count). The summed E-state index contributed by atoms with van der Waals surface area (Å²) in [4.78, 5) is 10.4. The van der Waals surface area contributed by atoms with Crippen LogP contribution in [-0.4, -0.2) is 11.5 Å². The lowest BCUT2D eigenvalue weighted by atomic mass is 10.1. The fraction of sp³-hybridized carbons (Fsp3) is 0.217. The van der Waals surface area contributed by atoms with Crippen molar-refractivity contribution in [1.29, 1.82) is 0 Å². The van der Waals surface area contributed by atoms with Gasteiger partial charge in [-0.25, -0.2) is 0 Å². The summed E-state index contributed by atoms with van der Waals surface area (Å²) in [6.45, 7) is 5.23. The van der Waals surface area contributed by atoms with Gasteiger partial charge in [-0.3, -0.25) is 10.1 Å². The highest BCUT2D eigenvalue weighted by Gasteiger charge is 2.14. The van der Waals surface area contributed by atoms with E-state index in [2.05, 4.69) is 18.3 Å². The zero-order valence-electron chi connectivity index (χ0n) is 16.9. The van der Waals surface area contributed by atoms with Gasteiger partial charge in [-0.2, -0.15) is 0 Å². The molecule has 0 unspecified atom stereocenters. The van der Waals surface area contributed by atoms with Crippen molar-refractivity contribution in [2.45, 2.75) is 27.0 Å². The molecule has 156 valence electrons. The van der Waals surface area contributed by atoms with Crippen molar-refractivity contribution in [3.63, 3.8) is 0 Å². The van der Waals surface area contributed by atoms with Crippen LogP contribution in [-0.2, 0) is 13.2 Å². The van der Waals surface area contributed by atoms with Crippen LogP contribution in [0.5, 0.6) is 11.5 Å². The van der Waals surface area contributed by atoms with Crippen molar-refractivity contribution in [1.82, 2.24) is 0 Å². The van der Waals surface area contributed by atoms with Crippen LogP contribution < -0.4 is 14.8 Å². The first-order valence-electron chi connectivity index (χ1n) is 9.58. The van der Waals surface area contributed by atoms with E-state index >= 15 is 0 Å². The second kappa shape index (κ2) is 9.98. The lowest BCUT2D eigenvalue weighted by Crippen LogP contribution is -2.04. The maximum atomic E-state index is 10.8. The zero-order valence-corrected chi connectivity index (χ0v) is 17.6. The summed E-state index contributed by atoms with van der Waals surface area (Å²) in [5.74, 6) is 1.02.